The van der Waals surface area contributed by atoms with Crippen molar-refractivity contribution in [3.8, 4) is 0 Å². The van der Waals surface area contributed by atoms with Gasteiger partial charge < -0.3 is 5.32 Å². The van der Waals surface area contributed by atoms with Crippen LogP contribution >= 0.6 is 11.6 Å². The number of anilines is 1. The number of nitrogens with zero attached hydrogens (tertiary/aromatic N) is 3. The van der Waals surface area contributed by atoms with E-state index in [1.807, 2.05) is 18.2 Å². The third-order valence-corrected chi connectivity index (χ3v) is 6.16. The van der Waals surface area contributed by atoms with E-state index in [-0.39, 0.29) is 15.5 Å². The molecule has 0 aliphatic carbocycles. The predicted molar refractivity (Wildman–Crippen MR) is 115 cm³/mol. The van der Waals surface area contributed by atoms with Crippen LogP contribution in [-0.4, -0.2) is 34.6 Å². The topological polar surface area (TPSA) is 106 Å². The Bertz CT molecular complexity index is 1160. The van der Waals surface area contributed by atoms with Crippen LogP contribution in [0.2, 0.25) is 5.02 Å². The Morgan fingerprint density at radius 3 is 2.60 bits per heavy atom. The molecule has 0 atom stereocenters. The summed E-state index contributed by atoms with van der Waals surface area (Å²) in [6, 6.07) is 11.4. The molecule has 1 aromatic heterocycles. The van der Waals surface area contributed by atoms with Crippen molar-refractivity contribution in [3.63, 3.8) is 0 Å². The number of halogens is 1. The highest BCUT2D eigenvalue weighted by Gasteiger charge is 2.25. The molecule has 10 heteroatoms. The summed E-state index contributed by atoms with van der Waals surface area (Å²) in [6.07, 6.45) is 3.05. The Balaban J connectivity index is 1.81. The van der Waals surface area contributed by atoms with Gasteiger partial charge in [0.05, 0.1) is 11.6 Å². The van der Waals surface area contributed by atoms with Crippen LogP contribution in [0.25, 0.3) is 0 Å². The summed E-state index contributed by atoms with van der Waals surface area (Å²) in [5.41, 5.74) is 0.984. The van der Waals surface area contributed by atoms with Gasteiger partial charge in [0.15, 0.2) is 0 Å². The summed E-state index contributed by atoms with van der Waals surface area (Å²) >= 11 is 6.10. The third-order valence-electron chi connectivity index (χ3n) is 3.92. The van der Waals surface area contributed by atoms with E-state index in [0.717, 1.165) is 5.56 Å². The van der Waals surface area contributed by atoms with Crippen LogP contribution in [0.15, 0.2) is 60.0 Å². The molecule has 158 valence electrons. The zero-order chi connectivity index (χ0) is 21.9. The number of rotatable bonds is 6. The van der Waals surface area contributed by atoms with Crippen LogP contribution in [0.3, 0.4) is 0 Å². The van der Waals surface area contributed by atoms with Crippen LogP contribution in [0, 0.1) is 0 Å². The largest absolute Gasteiger partial charge is 0.322 e. The molecule has 8 nitrogen and oxygen atoms in total. The number of nitrogens with one attached hydrogen (secondary N) is 2. The van der Waals surface area contributed by atoms with Gasteiger partial charge >= 0.3 is 0 Å². The summed E-state index contributed by atoms with van der Waals surface area (Å²) in [5.74, 6) is -0.447. The van der Waals surface area contributed by atoms with Crippen molar-refractivity contribution in [2.45, 2.75) is 37.8 Å². The zero-order valence-electron chi connectivity index (χ0n) is 16.8. The van der Waals surface area contributed by atoms with Gasteiger partial charge in [0, 0.05) is 16.8 Å². The van der Waals surface area contributed by atoms with Gasteiger partial charge in [-0.15, -0.1) is 0 Å². The summed E-state index contributed by atoms with van der Waals surface area (Å²) in [4.78, 5) is 16.5. The van der Waals surface area contributed by atoms with E-state index >= 15 is 0 Å². The average molecular weight is 448 g/mol. The molecule has 0 saturated heterocycles. The van der Waals surface area contributed by atoms with E-state index in [2.05, 4.69) is 20.1 Å². The minimum absolute atomic E-state index is 0.0399. The maximum absolute atomic E-state index is 12.7. The SMILES string of the molecule is CC(C)(C)NS(=O)(=O)c1cc(C(=O)Nc2cccc(Cn3cncn3)c2)ccc1Cl. The monoisotopic (exact) mass is 447 g/mol. The van der Waals surface area contributed by atoms with Gasteiger partial charge in [0.2, 0.25) is 10.0 Å². The zero-order valence-corrected chi connectivity index (χ0v) is 18.3. The van der Waals surface area contributed by atoms with E-state index in [4.69, 9.17) is 11.6 Å². The number of benzene rings is 2. The number of amides is 1. The lowest BCUT2D eigenvalue weighted by Gasteiger charge is -2.21. The molecule has 2 aromatic carbocycles. The first-order valence-electron chi connectivity index (χ1n) is 9.10. The fraction of sp³-hybridized carbons (Fsp3) is 0.250. The molecular weight excluding hydrogens is 426 g/mol. The molecule has 1 amide bonds. The highest BCUT2D eigenvalue weighted by molar-refractivity contribution is 7.89. The Hall–Kier alpha value is -2.75. The second-order valence-corrected chi connectivity index (χ2v) is 9.81. The number of aromatic nitrogens is 3. The molecule has 30 heavy (non-hydrogen) atoms. The fourth-order valence-corrected chi connectivity index (χ4v) is 4.71. The number of carbonyl (C=O) groups excluding carboxylic acids is 1. The molecule has 0 aliphatic heterocycles. The molecule has 0 radical (unpaired) electrons. The number of hydrogen-bond acceptors (Lipinski definition) is 5. The standard InChI is InChI=1S/C20H22ClN5O3S/c1-20(2,3)25-30(28,29)18-10-15(7-8-17(18)21)19(27)24-16-6-4-5-14(9-16)11-26-13-22-12-23-26/h4-10,12-13,25H,11H2,1-3H3,(H,24,27). The Morgan fingerprint density at radius 2 is 1.93 bits per heavy atom. The van der Waals surface area contributed by atoms with E-state index < -0.39 is 21.5 Å². The maximum Gasteiger partial charge on any atom is 0.255 e. The average Bonchev–Trinajstić information content (AvgIpc) is 3.13. The Kier molecular flexibility index (Phi) is 6.25. The van der Waals surface area contributed by atoms with Crippen LogP contribution in [0.4, 0.5) is 5.69 Å². The highest BCUT2D eigenvalue weighted by atomic mass is 35.5. The summed E-state index contributed by atoms with van der Waals surface area (Å²) in [6.45, 7) is 5.68. The highest BCUT2D eigenvalue weighted by Crippen LogP contribution is 2.24. The third kappa shape index (κ3) is 5.65. The maximum atomic E-state index is 12.7. The lowest BCUT2D eigenvalue weighted by Crippen LogP contribution is -2.40. The molecule has 0 spiro atoms. The van der Waals surface area contributed by atoms with Crippen molar-refractivity contribution >= 4 is 33.2 Å². The lowest BCUT2D eigenvalue weighted by molar-refractivity contribution is 0.102. The van der Waals surface area contributed by atoms with E-state index in [1.54, 1.807) is 37.8 Å². The quantitative estimate of drug-likeness (QED) is 0.603. The second-order valence-electron chi connectivity index (χ2n) is 7.75. The van der Waals surface area contributed by atoms with Crippen molar-refractivity contribution < 1.29 is 13.2 Å². The first-order valence-corrected chi connectivity index (χ1v) is 11.0. The van der Waals surface area contributed by atoms with Crippen molar-refractivity contribution in [3.05, 3.63) is 71.3 Å². The predicted octanol–water partition coefficient (Wildman–Crippen LogP) is 3.31. The molecule has 0 aliphatic rings. The lowest BCUT2D eigenvalue weighted by atomic mass is 10.1. The van der Waals surface area contributed by atoms with Crippen molar-refractivity contribution in [1.82, 2.24) is 19.5 Å². The van der Waals surface area contributed by atoms with Gasteiger partial charge in [-0.3, -0.25) is 4.79 Å². The minimum Gasteiger partial charge on any atom is -0.322 e. The van der Waals surface area contributed by atoms with Crippen LogP contribution in [-0.2, 0) is 16.6 Å². The molecule has 0 saturated carbocycles. The normalized spacial score (nSPS) is 12.0. The van der Waals surface area contributed by atoms with Gasteiger partial charge in [0.1, 0.15) is 17.6 Å². The molecule has 0 unspecified atom stereocenters. The van der Waals surface area contributed by atoms with E-state index in [1.165, 1.54) is 24.5 Å². The van der Waals surface area contributed by atoms with Gasteiger partial charge in [-0.2, -0.15) is 5.10 Å². The van der Waals surface area contributed by atoms with Crippen molar-refractivity contribution in [2.24, 2.45) is 0 Å². The molecule has 3 rings (SSSR count). The first kappa shape index (κ1) is 21.9. The smallest absolute Gasteiger partial charge is 0.255 e. The van der Waals surface area contributed by atoms with E-state index in [9.17, 15) is 13.2 Å². The molecule has 3 aromatic rings. The van der Waals surface area contributed by atoms with Crippen LogP contribution < -0.4 is 10.0 Å². The summed E-state index contributed by atoms with van der Waals surface area (Å²) in [5, 5.41) is 6.88. The van der Waals surface area contributed by atoms with Crippen LogP contribution in [0.5, 0.6) is 0 Å². The Morgan fingerprint density at radius 1 is 1.17 bits per heavy atom. The minimum atomic E-state index is -3.89. The Labute approximate surface area is 180 Å². The summed E-state index contributed by atoms with van der Waals surface area (Å²) in [7, 11) is -3.89. The number of hydrogen-bond donors (Lipinski definition) is 2. The van der Waals surface area contributed by atoms with Gasteiger partial charge in [0.25, 0.3) is 5.91 Å². The number of sulfonamides is 1. The first-order chi connectivity index (χ1) is 14.0. The molecule has 1 heterocycles. The molecular formula is C20H22ClN5O3S. The molecule has 0 fully saturated rings. The summed E-state index contributed by atoms with van der Waals surface area (Å²) < 4.78 is 29.5. The van der Waals surface area contributed by atoms with Gasteiger partial charge in [-0.25, -0.2) is 22.8 Å². The van der Waals surface area contributed by atoms with Gasteiger partial charge in [-0.05, 0) is 56.7 Å². The van der Waals surface area contributed by atoms with Crippen molar-refractivity contribution in [2.75, 3.05) is 5.32 Å². The number of carbonyl (C=O) groups is 1. The van der Waals surface area contributed by atoms with Gasteiger partial charge in [-0.1, -0.05) is 23.7 Å². The van der Waals surface area contributed by atoms with Crippen LogP contribution in [0.1, 0.15) is 36.7 Å². The second kappa shape index (κ2) is 8.55. The van der Waals surface area contributed by atoms with E-state index in [0.29, 0.717) is 12.2 Å². The molecule has 2 N–H and O–H groups in total. The molecule has 0 bridgehead atoms. The fourth-order valence-electron chi connectivity index (χ4n) is 2.76. The van der Waals surface area contributed by atoms with Crippen molar-refractivity contribution in [1.29, 1.82) is 0 Å².